The molecule has 148 valence electrons. The number of piperazine rings is 1. The van der Waals surface area contributed by atoms with Crippen LogP contribution in [0.4, 0.5) is 5.69 Å². The van der Waals surface area contributed by atoms with Gasteiger partial charge in [-0.1, -0.05) is 36.4 Å². The number of ether oxygens (including phenoxy) is 2. The quantitative estimate of drug-likeness (QED) is 0.741. The third-order valence-corrected chi connectivity index (χ3v) is 5.04. The molecule has 27 heavy (non-hydrogen) atoms. The zero-order chi connectivity index (χ0) is 16.9. The number of nitrogens with zero attached hydrogens (tertiary/aromatic N) is 2. The smallest absolute Gasteiger partial charge is 0.184 e. The molecule has 0 atom stereocenters. The van der Waals surface area contributed by atoms with Gasteiger partial charge in [0.25, 0.3) is 0 Å². The van der Waals surface area contributed by atoms with Gasteiger partial charge in [-0.3, -0.25) is 4.90 Å². The molecule has 0 aliphatic carbocycles. The van der Waals surface area contributed by atoms with E-state index in [4.69, 9.17) is 9.47 Å². The number of fused-ring (bicyclic) bond motifs is 1. The average molecular weight is 411 g/mol. The maximum atomic E-state index is 5.87. The maximum absolute atomic E-state index is 5.87. The molecule has 0 radical (unpaired) electrons. The second-order valence-corrected chi connectivity index (χ2v) is 6.72. The molecular formula is C21H28Cl2N2O2. The van der Waals surface area contributed by atoms with Crippen molar-refractivity contribution in [3.63, 3.8) is 0 Å². The first-order valence-corrected chi connectivity index (χ1v) is 9.30. The molecule has 2 aromatic carbocycles. The fourth-order valence-electron chi connectivity index (χ4n) is 3.67. The van der Waals surface area contributed by atoms with Crippen LogP contribution in [0.1, 0.15) is 12.0 Å². The van der Waals surface area contributed by atoms with E-state index in [0.717, 1.165) is 37.7 Å². The van der Waals surface area contributed by atoms with Gasteiger partial charge in [0, 0.05) is 26.2 Å². The molecule has 0 amide bonds. The largest absolute Gasteiger partial charge is 0.486 e. The van der Waals surface area contributed by atoms with Gasteiger partial charge in [-0.05, 0) is 37.1 Å². The van der Waals surface area contributed by atoms with E-state index in [2.05, 4.69) is 52.3 Å². The number of hydrogen-bond acceptors (Lipinski definition) is 4. The van der Waals surface area contributed by atoms with E-state index in [0.29, 0.717) is 13.2 Å². The van der Waals surface area contributed by atoms with Crippen molar-refractivity contribution in [1.29, 1.82) is 0 Å². The summed E-state index contributed by atoms with van der Waals surface area (Å²) in [6.07, 6.45) is 2.39. The highest BCUT2D eigenvalue weighted by atomic mass is 35.5. The van der Waals surface area contributed by atoms with Crippen molar-refractivity contribution in [2.45, 2.75) is 12.8 Å². The van der Waals surface area contributed by atoms with Crippen LogP contribution in [-0.4, -0.2) is 50.8 Å². The highest BCUT2D eigenvalue weighted by Crippen LogP contribution is 2.39. The van der Waals surface area contributed by atoms with Crippen molar-refractivity contribution in [1.82, 2.24) is 4.90 Å². The topological polar surface area (TPSA) is 24.9 Å². The summed E-state index contributed by atoms with van der Waals surface area (Å²) in [6, 6.07) is 17.0. The molecule has 0 bridgehead atoms. The van der Waals surface area contributed by atoms with Crippen LogP contribution in [0.2, 0.25) is 0 Å². The van der Waals surface area contributed by atoms with E-state index in [1.807, 2.05) is 6.07 Å². The van der Waals surface area contributed by atoms with E-state index >= 15 is 0 Å². The summed E-state index contributed by atoms with van der Waals surface area (Å²) in [7, 11) is 0. The van der Waals surface area contributed by atoms with Crippen molar-refractivity contribution in [3.8, 4) is 11.5 Å². The number of rotatable bonds is 5. The fourth-order valence-corrected chi connectivity index (χ4v) is 3.67. The standard InChI is InChI=1S/C21H26N2O2.2ClH/c1-2-6-18(7-3-1)8-5-11-22-12-14-23(15-13-22)19-9-4-10-20-21(19)25-17-16-24-20;;/h1-4,6-7,9-10H,5,8,11-17H2;2*1H. The molecular weight excluding hydrogens is 383 g/mol. The number of halogens is 2. The van der Waals surface area contributed by atoms with E-state index in [-0.39, 0.29) is 24.8 Å². The van der Waals surface area contributed by atoms with Gasteiger partial charge in [0.15, 0.2) is 11.5 Å². The molecule has 1 fully saturated rings. The Morgan fingerprint density at radius 2 is 1.52 bits per heavy atom. The van der Waals surface area contributed by atoms with Crippen molar-refractivity contribution < 1.29 is 9.47 Å². The predicted molar refractivity (Wildman–Crippen MR) is 115 cm³/mol. The minimum atomic E-state index is 0. The molecule has 2 aromatic rings. The lowest BCUT2D eigenvalue weighted by atomic mass is 10.1. The Hall–Kier alpha value is -1.62. The molecule has 2 aliphatic heterocycles. The molecule has 0 N–H and O–H groups in total. The molecule has 2 heterocycles. The summed E-state index contributed by atoms with van der Waals surface area (Å²) >= 11 is 0. The highest BCUT2D eigenvalue weighted by molar-refractivity contribution is 5.85. The van der Waals surface area contributed by atoms with Gasteiger partial charge in [0.05, 0.1) is 5.69 Å². The van der Waals surface area contributed by atoms with Crippen LogP contribution in [0.5, 0.6) is 11.5 Å². The second-order valence-electron chi connectivity index (χ2n) is 6.72. The van der Waals surface area contributed by atoms with Crippen LogP contribution in [0.3, 0.4) is 0 Å². The monoisotopic (exact) mass is 410 g/mol. The van der Waals surface area contributed by atoms with Gasteiger partial charge >= 0.3 is 0 Å². The summed E-state index contributed by atoms with van der Waals surface area (Å²) < 4.78 is 11.6. The van der Waals surface area contributed by atoms with Crippen LogP contribution in [0, 0.1) is 0 Å². The Morgan fingerprint density at radius 3 is 2.30 bits per heavy atom. The molecule has 2 aliphatic rings. The number of anilines is 1. The normalized spacial score (nSPS) is 16.2. The Morgan fingerprint density at radius 1 is 0.778 bits per heavy atom. The van der Waals surface area contributed by atoms with Gasteiger partial charge in [-0.2, -0.15) is 0 Å². The first kappa shape index (κ1) is 21.7. The molecule has 1 saturated heterocycles. The van der Waals surface area contributed by atoms with Crippen molar-refractivity contribution in [3.05, 3.63) is 54.1 Å². The van der Waals surface area contributed by atoms with Crippen LogP contribution in [-0.2, 0) is 6.42 Å². The van der Waals surface area contributed by atoms with Crippen LogP contribution < -0.4 is 14.4 Å². The first-order chi connectivity index (χ1) is 12.4. The zero-order valence-electron chi connectivity index (χ0n) is 15.5. The molecule has 0 unspecified atom stereocenters. The highest BCUT2D eigenvalue weighted by Gasteiger charge is 2.23. The predicted octanol–water partition coefficient (Wildman–Crippen LogP) is 4.06. The molecule has 4 nitrogen and oxygen atoms in total. The molecule has 4 rings (SSSR count). The van der Waals surface area contributed by atoms with Crippen LogP contribution >= 0.6 is 24.8 Å². The summed E-state index contributed by atoms with van der Waals surface area (Å²) in [5, 5.41) is 0. The van der Waals surface area contributed by atoms with Gasteiger partial charge in [-0.25, -0.2) is 0 Å². The van der Waals surface area contributed by atoms with Gasteiger partial charge < -0.3 is 14.4 Å². The summed E-state index contributed by atoms with van der Waals surface area (Å²) in [5.41, 5.74) is 2.62. The van der Waals surface area contributed by atoms with Gasteiger partial charge in [0.2, 0.25) is 0 Å². The number of hydrogen-bond donors (Lipinski definition) is 0. The maximum Gasteiger partial charge on any atom is 0.184 e. The van der Waals surface area contributed by atoms with Gasteiger partial charge in [0.1, 0.15) is 13.2 Å². The summed E-state index contributed by atoms with van der Waals surface area (Å²) in [5.74, 6) is 1.81. The lowest BCUT2D eigenvalue weighted by Crippen LogP contribution is -2.46. The second kappa shape index (κ2) is 10.6. The van der Waals surface area contributed by atoms with Gasteiger partial charge in [-0.15, -0.1) is 24.8 Å². The van der Waals surface area contributed by atoms with Crippen molar-refractivity contribution in [2.75, 3.05) is 50.8 Å². The fraction of sp³-hybridized carbons (Fsp3) is 0.429. The number of para-hydroxylation sites is 1. The lowest BCUT2D eigenvalue weighted by molar-refractivity contribution is 0.171. The molecule has 0 aromatic heterocycles. The molecule has 0 saturated carbocycles. The Labute approximate surface area is 174 Å². The number of aryl methyl sites for hydroxylation is 1. The molecule has 0 spiro atoms. The molecule has 6 heteroatoms. The Balaban J connectivity index is 0.00000131. The lowest BCUT2D eigenvalue weighted by Gasteiger charge is -2.37. The summed E-state index contributed by atoms with van der Waals surface area (Å²) in [6.45, 7) is 6.78. The third-order valence-electron chi connectivity index (χ3n) is 5.04. The minimum Gasteiger partial charge on any atom is -0.486 e. The summed E-state index contributed by atoms with van der Waals surface area (Å²) in [4.78, 5) is 5.01. The van der Waals surface area contributed by atoms with Crippen LogP contribution in [0.15, 0.2) is 48.5 Å². The first-order valence-electron chi connectivity index (χ1n) is 9.30. The van der Waals surface area contributed by atoms with E-state index < -0.39 is 0 Å². The Kier molecular flexibility index (Phi) is 8.55. The van der Waals surface area contributed by atoms with E-state index in [1.54, 1.807) is 0 Å². The Bertz CT molecular complexity index is 692. The van der Waals surface area contributed by atoms with Crippen molar-refractivity contribution >= 4 is 30.5 Å². The van der Waals surface area contributed by atoms with E-state index in [9.17, 15) is 0 Å². The third kappa shape index (κ3) is 5.44. The zero-order valence-corrected chi connectivity index (χ0v) is 17.1. The van der Waals surface area contributed by atoms with Crippen molar-refractivity contribution in [2.24, 2.45) is 0 Å². The van der Waals surface area contributed by atoms with Crippen LogP contribution in [0.25, 0.3) is 0 Å². The average Bonchev–Trinajstić information content (AvgIpc) is 2.69. The SMILES string of the molecule is Cl.Cl.c1ccc(CCCN2CCN(c3cccc4c3OCCO4)CC2)cc1. The van der Waals surface area contributed by atoms with E-state index in [1.165, 1.54) is 30.6 Å². The number of benzene rings is 2. The minimum absolute atomic E-state index is 0.